The molecule has 2 N–H and O–H groups in total. The normalized spacial score (nSPS) is 38.6. The summed E-state index contributed by atoms with van der Waals surface area (Å²) in [5, 5.41) is 18.8. The van der Waals surface area contributed by atoms with Crippen LogP contribution in [0.25, 0.3) is 0 Å². The summed E-state index contributed by atoms with van der Waals surface area (Å²) in [6, 6.07) is 0. The van der Waals surface area contributed by atoms with Crippen molar-refractivity contribution in [1.82, 2.24) is 0 Å². The van der Waals surface area contributed by atoms with Crippen molar-refractivity contribution >= 4 is 5.97 Å². The molecule has 3 heteroatoms. The van der Waals surface area contributed by atoms with Crippen LogP contribution < -0.4 is 0 Å². The Labute approximate surface area is 78.8 Å². The Hall–Kier alpha value is -0.570. The lowest BCUT2D eigenvalue weighted by Crippen LogP contribution is -2.48. The summed E-state index contributed by atoms with van der Waals surface area (Å²) in [5.74, 6) is -0.794. The molecule has 0 unspecified atom stereocenters. The van der Waals surface area contributed by atoms with E-state index < -0.39 is 11.6 Å². The van der Waals surface area contributed by atoms with Crippen LogP contribution in [-0.2, 0) is 4.79 Å². The molecule has 1 rings (SSSR count). The second kappa shape index (κ2) is 2.98. The Morgan fingerprint density at radius 3 is 2.31 bits per heavy atom. The van der Waals surface area contributed by atoms with E-state index in [4.69, 9.17) is 5.11 Å². The van der Waals surface area contributed by atoms with Gasteiger partial charge < -0.3 is 10.2 Å². The third-order valence-electron chi connectivity index (χ3n) is 2.76. The fourth-order valence-electron chi connectivity index (χ4n) is 2.69. The molecule has 13 heavy (non-hydrogen) atoms. The topological polar surface area (TPSA) is 57.5 Å². The summed E-state index contributed by atoms with van der Waals surface area (Å²) in [5.41, 5.74) is -1.56. The van der Waals surface area contributed by atoms with Gasteiger partial charge >= 0.3 is 5.97 Å². The van der Waals surface area contributed by atoms with Crippen molar-refractivity contribution in [2.75, 3.05) is 0 Å². The predicted octanol–water partition coefficient (Wildman–Crippen LogP) is 1.65. The molecule has 1 aliphatic carbocycles. The van der Waals surface area contributed by atoms with Crippen LogP contribution in [-0.4, -0.2) is 21.8 Å². The molecule has 76 valence electrons. The highest BCUT2D eigenvalue weighted by atomic mass is 16.4. The molecule has 1 aliphatic rings. The monoisotopic (exact) mass is 186 g/mol. The van der Waals surface area contributed by atoms with Crippen molar-refractivity contribution < 1.29 is 15.0 Å². The van der Waals surface area contributed by atoms with E-state index in [9.17, 15) is 9.90 Å². The molecule has 0 aliphatic heterocycles. The lowest BCUT2D eigenvalue weighted by atomic mass is 9.66. The molecule has 0 spiro atoms. The first-order valence-electron chi connectivity index (χ1n) is 4.71. The molecule has 0 heterocycles. The number of aliphatic carboxylic acids is 1. The van der Waals surface area contributed by atoms with E-state index >= 15 is 0 Å². The van der Waals surface area contributed by atoms with Crippen LogP contribution in [0.3, 0.4) is 0 Å². The van der Waals surface area contributed by atoms with Crippen LogP contribution in [0.1, 0.15) is 40.0 Å². The molecule has 1 fully saturated rings. The molecular weight excluding hydrogens is 168 g/mol. The summed E-state index contributed by atoms with van der Waals surface area (Å²) >= 11 is 0. The van der Waals surface area contributed by atoms with E-state index in [1.165, 1.54) is 0 Å². The third kappa shape index (κ3) is 2.21. The predicted molar refractivity (Wildman–Crippen MR) is 49.4 cm³/mol. The fraction of sp³-hybridized carbons (Fsp3) is 0.900. The third-order valence-corrected chi connectivity index (χ3v) is 2.76. The maximum absolute atomic E-state index is 10.9. The van der Waals surface area contributed by atoms with Gasteiger partial charge in [-0.3, -0.25) is 0 Å². The minimum Gasteiger partial charge on any atom is -0.479 e. The van der Waals surface area contributed by atoms with Gasteiger partial charge in [0, 0.05) is 0 Å². The van der Waals surface area contributed by atoms with Crippen molar-refractivity contribution in [3.8, 4) is 0 Å². The highest BCUT2D eigenvalue weighted by Gasteiger charge is 2.46. The van der Waals surface area contributed by atoms with E-state index in [2.05, 4.69) is 0 Å². The Morgan fingerprint density at radius 2 is 1.92 bits per heavy atom. The Kier molecular flexibility index (Phi) is 2.41. The molecule has 3 nitrogen and oxygen atoms in total. The largest absolute Gasteiger partial charge is 0.479 e. The van der Waals surface area contributed by atoms with Crippen molar-refractivity contribution in [2.24, 2.45) is 11.3 Å². The zero-order valence-electron chi connectivity index (χ0n) is 8.50. The highest BCUT2D eigenvalue weighted by molar-refractivity contribution is 5.77. The molecular formula is C10H18O3. The molecule has 0 radical (unpaired) electrons. The molecule has 0 amide bonds. The van der Waals surface area contributed by atoms with E-state index in [1.807, 2.05) is 20.8 Å². The van der Waals surface area contributed by atoms with Gasteiger partial charge in [-0.05, 0) is 30.6 Å². The Balaban J connectivity index is 2.84. The molecule has 0 aromatic heterocycles. The number of carboxylic acids is 1. The second-order valence-corrected chi connectivity index (χ2v) is 5.19. The first-order valence-corrected chi connectivity index (χ1v) is 4.71. The number of aliphatic hydroxyl groups is 1. The molecule has 2 atom stereocenters. The Bertz CT molecular complexity index is 222. The number of hydrogen-bond donors (Lipinski definition) is 2. The average Bonchev–Trinajstić information content (AvgIpc) is 1.79. The summed E-state index contributed by atoms with van der Waals surface area (Å²) in [7, 11) is 0. The maximum atomic E-state index is 10.9. The van der Waals surface area contributed by atoms with Gasteiger partial charge in [-0.1, -0.05) is 20.8 Å². The van der Waals surface area contributed by atoms with Crippen LogP contribution in [0.5, 0.6) is 0 Å². The van der Waals surface area contributed by atoms with Gasteiger partial charge in [-0.15, -0.1) is 0 Å². The van der Waals surface area contributed by atoms with Crippen LogP contribution in [0.2, 0.25) is 0 Å². The molecule has 1 saturated carbocycles. The minimum absolute atomic E-state index is 0.0647. The molecule has 0 saturated heterocycles. The number of rotatable bonds is 1. The second-order valence-electron chi connectivity index (χ2n) is 5.19. The van der Waals surface area contributed by atoms with Crippen LogP contribution in [0, 0.1) is 11.3 Å². The van der Waals surface area contributed by atoms with Gasteiger partial charge in [0.05, 0.1) is 0 Å². The van der Waals surface area contributed by atoms with Crippen LogP contribution in [0.4, 0.5) is 0 Å². The standard InChI is InChI=1S/C10H18O3/c1-7-4-9(2,3)6-10(13,5-7)8(11)12/h7,13H,4-6H2,1-3H3,(H,11,12)/t7-,10+/m1/s1. The van der Waals surface area contributed by atoms with Gasteiger partial charge in [0.15, 0.2) is 5.60 Å². The number of carbonyl (C=O) groups is 1. The number of carboxylic acid groups (broad SMARTS) is 1. The average molecular weight is 186 g/mol. The highest BCUT2D eigenvalue weighted by Crippen LogP contribution is 2.43. The molecule has 0 aromatic carbocycles. The van der Waals surface area contributed by atoms with E-state index in [0.717, 1.165) is 6.42 Å². The van der Waals surface area contributed by atoms with Crippen LogP contribution >= 0.6 is 0 Å². The van der Waals surface area contributed by atoms with Gasteiger partial charge in [-0.25, -0.2) is 4.79 Å². The van der Waals surface area contributed by atoms with Gasteiger partial charge in [0.25, 0.3) is 0 Å². The van der Waals surface area contributed by atoms with Gasteiger partial charge in [0.2, 0.25) is 0 Å². The van der Waals surface area contributed by atoms with E-state index in [1.54, 1.807) is 0 Å². The summed E-state index contributed by atoms with van der Waals surface area (Å²) in [6.07, 6.45) is 1.73. The summed E-state index contributed by atoms with van der Waals surface area (Å²) < 4.78 is 0. The van der Waals surface area contributed by atoms with Gasteiger partial charge in [-0.2, -0.15) is 0 Å². The lowest BCUT2D eigenvalue weighted by Gasteiger charge is -2.42. The molecule has 0 aromatic rings. The summed E-state index contributed by atoms with van der Waals surface area (Å²) in [4.78, 5) is 10.9. The first-order chi connectivity index (χ1) is 5.75. The van der Waals surface area contributed by atoms with Crippen molar-refractivity contribution in [3.63, 3.8) is 0 Å². The van der Waals surface area contributed by atoms with Gasteiger partial charge in [0.1, 0.15) is 0 Å². The maximum Gasteiger partial charge on any atom is 0.335 e. The molecule has 0 bridgehead atoms. The first kappa shape index (κ1) is 10.5. The fourth-order valence-corrected chi connectivity index (χ4v) is 2.69. The Morgan fingerprint density at radius 1 is 1.38 bits per heavy atom. The SMILES string of the molecule is C[C@@H]1CC(C)(C)C[C@](O)(C(=O)O)C1. The van der Waals surface area contributed by atoms with Crippen LogP contribution in [0.15, 0.2) is 0 Å². The zero-order chi connectivity index (χ0) is 10.3. The van der Waals surface area contributed by atoms with Crippen molar-refractivity contribution in [3.05, 3.63) is 0 Å². The van der Waals surface area contributed by atoms with E-state index in [-0.39, 0.29) is 11.3 Å². The smallest absolute Gasteiger partial charge is 0.335 e. The quantitative estimate of drug-likeness (QED) is 0.654. The lowest BCUT2D eigenvalue weighted by molar-refractivity contribution is -0.168. The zero-order valence-corrected chi connectivity index (χ0v) is 8.50. The minimum atomic E-state index is -1.50. The number of hydrogen-bond acceptors (Lipinski definition) is 2. The van der Waals surface area contributed by atoms with Crippen molar-refractivity contribution in [2.45, 2.75) is 45.6 Å². The summed E-state index contributed by atoms with van der Waals surface area (Å²) in [6.45, 7) is 6.02. The van der Waals surface area contributed by atoms with Crippen molar-refractivity contribution in [1.29, 1.82) is 0 Å². The van der Waals surface area contributed by atoms with E-state index in [0.29, 0.717) is 12.8 Å².